The van der Waals surface area contributed by atoms with E-state index in [0.717, 1.165) is 29.2 Å². The first-order valence-electron chi connectivity index (χ1n) is 19.5. The Bertz CT molecular complexity index is 2690. The summed E-state index contributed by atoms with van der Waals surface area (Å²) in [4.78, 5) is 93.6. The zero-order valence-electron chi connectivity index (χ0n) is 34.7. The largest absolute Gasteiger partial charge is 0.461 e. The van der Waals surface area contributed by atoms with Gasteiger partial charge in [0.25, 0.3) is 5.91 Å². The van der Waals surface area contributed by atoms with Crippen LogP contribution < -0.4 is 11.1 Å². The van der Waals surface area contributed by atoms with E-state index >= 15 is 0 Å². The quantitative estimate of drug-likeness (QED) is 0.0566. The molecule has 6 aromatic rings. The molecule has 1 aliphatic rings. The van der Waals surface area contributed by atoms with Crippen LogP contribution in [0.2, 0.25) is 0 Å². The van der Waals surface area contributed by atoms with Crippen molar-refractivity contribution in [3.8, 4) is 44.2 Å². The predicted octanol–water partition coefficient (Wildman–Crippen LogP) is 7.81. The molecule has 18 nitrogen and oxygen atoms in total. The maximum absolute atomic E-state index is 13.8. The highest BCUT2D eigenvalue weighted by Gasteiger charge is 2.35. The standard InChI is InChI=1S/C41H41N9O9S4/c1-7-14-57-39(54)27-19-62-35(48-27)23(15-29(42)51)44-32(52)30-20(3)58-33(49-30)21-11-12-22(34-47-26(18-61-34)38(53)56-8-2)43-31(21)24-16-60-36(45-24)25-17-63-37(46-25)28-10-9-13-50(28)40(55)59-41(4,5)6/h7,11-12,16-19,23,28H,1,8-10,13-15H2,2-6H3,(H2,42,51)(H,44,52)/t23-,28-/m0/s1. The highest BCUT2D eigenvalue weighted by atomic mass is 32.1. The van der Waals surface area contributed by atoms with Gasteiger partial charge in [-0.3, -0.25) is 14.5 Å². The van der Waals surface area contributed by atoms with Gasteiger partial charge < -0.3 is 29.7 Å². The molecule has 3 N–H and O–H groups in total. The van der Waals surface area contributed by atoms with Crippen LogP contribution in [0.1, 0.15) is 106 Å². The Morgan fingerprint density at radius 1 is 0.921 bits per heavy atom. The first-order valence-corrected chi connectivity index (χ1v) is 23.0. The monoisotopic (exact) mass is 931 g/mol. The SMILES string of the molecule is C=CCOC(=O)c1csc([C@H](CC(N)=O)NC(=O)c2nc(-c3ccc(-c4nc(C(=O)OCC)cs4)nc3-c3csc(-c4csc([C@@H]5CCCN5C(=O)OC(C)(C)C)n4)n3)oc2C)n1. The van der Waals surface area contributed by atoms with Gasteiger partial charge in [-0.25, -0.2) is 44.3 Å². The molecule has 328 valence electrons. The van der Waals surface area contributed by atoms with Crippen LogP contribution >= 0.6 is 45.3 Å². The van der Waals surface area contributed by atoms with E-state index in [4.69, 9.17) is 39.3 Å². The van der Waals surface area contributed by atoms with E-state index in [-0.39, 0.29) is 65.5 Å². The summed E-state index contributed by atoms with van der Waals surface area (Å²) >= 11 is 5.04. The number of aryl methyl sites for hydroxylation is 1. The Labute approximate surface area is 376 Å². The fraction of sp³-hybridized carbons (Fsp3) is 0.341. The average Bonchev–Trinajstić information content (AvgIpc) is 4.09. The molecule has 0 saturated carbocycles. The smallest absolute Gasteiger partial charge is 0.410 e. The Morgan fingerprint density at radius 3 is 2.38 bits per heavy atom. The summed E-state index contributed by atoms with van der Waals surface area (Å²) in [5.41, 5.74) is 7.16. The molecule has 7 rings (SSSR count). The van der Waals surface area contributed by atoms with Gasteiger partial charge in [-0.15, -0.1) is 45.3 Å². The maximum Gasteiger partial charge on any atom is 0.410 e. The highest BCUT2D eigenvalue weighted by Crippen LogP contribution is 2.40. The first kappa shape index (κ1) is 44.8. The van der Waals surface area contributed by atoms with Crippen LogP contribution in [0.4, 0.5) is 4.79 Å². The zero-order valence-corrected chi connectivity index (χ0v) is 37.9. The molecular formula is C41H41N9O9S4. The van der Waals surface area contributed by atoms with Crippen molar-refractivity contribution in [3.05, 3.63) is 79.2 Å². The Morgan fingerprint density at radius 2 is 1.63 bits per heavy atom. The fourth-order valence-corrected chi connectivity index (χ4v) is 9.72. The van der Waals surface area contributed by atoms with Gasteiger partial charge in [-0.05, 0) is 59.6 Å². The van der Waals surface area contributed by atoms with Gasteiger partial charge in [-0.2, -0.15) is 0 Å². The molecule has 0 unspecified atom stereocenters. The van der Waals surface area contributed by atoms with Crippen molar-refractivity contribution in [1.82, 2.24) is 40.1 Å². The van der Waals surface area contributed by atoms with Crippen molar-refractivity contribution in [3.63, 3.8) is 0 Å². The van der Waals surface area contributed by atoms with Crippen molar-refractivity contribution < 1.29 is 42.6 Å². The number of carbonyl (C=O) groups is 5. The number of pyridine rings is 1. The van der Waals surface area contributed by atoms with Gasteiger partial charge in [0.15, 0.2) is 17.1 Å². The lowest BCUT2D eigenvalue weighted by atomic mass is 10.1. The second kappa shape index (κ2) is 19.0. The molecule has 1 aliphatic heterocycles. The van der Waals surface area contributed by atoms with Gasteiger partial charge in [0.2, 0.25) is 11.8 Å². The number of nitrogens with zero attached hydrogens (tertiary/aromatic N) is 7. The predicted molar refractivity (Wildman–Crippen MR) is 235 cm³/mol. The van der Waals surface area contributed by atoms with E-state index in [0.29, 0.717) is 44.9 Å². The van der Waals surface area contributed by atoms with Gasteiger partial charge in [0, 0.05) is 28.1 Å². The minimum atomic E-state index is -0.997. The molecule has 0 spiro atoms. The third-order valence-corrected chi connectivity index (χ3v) is 12.7. The van der Waals surface area contributed by atoms with Crippen molar-refractivity contribution in [1.29, 1.82) is 0 Å². The maximum atomic E-state index is 13.8. The van der Waals surface area contributed by atoms with Crippen LogP contribution in [0.25, 0.3) is 44.2 Å². The summed E-state index contributed by atoms with van der Waals surface area (Å²) in [5, 5.41) is 11.6. The normalized spacial score (nSPS) is 14.3. The number of oxazole rings is 1. The third kappa shape index (κ3) is 10.4. The van der Waals surface area contributed by atoms with E-state index in [1.54, 1.807) is 36.3 Å². The number of thiazole rings is 4. The molecule has 0 aliphatic carbocycles. The second-order valence-electron chi connectivity index (χ2n) is 14.9. The summed E-state index contributed by atoms with van der Waals surface area (Å²) in [6, 6.07) is 2.17. The Hall–Kier alpha value is -6.23. The number of ether oxygens (including phenoxy) is 3. The molecule has 7 heterocycles. The van der Waals surface area contributed by atoms with E-state index in [1.807, 2.05) is 31.5 Å². The summed E-state index contributed by atoms with van der Waals surface area (Å²) in [5.74, 6) is -2.46. The molecule has 1 saturated heterocycles. The summed E-state index contributed by atoms with van der Waals surface area (Å²) in [7, 11) is 0. The molecule has 1 fully saturated rings. The fourth-order valence-electron chi connectivity index (χ4n) is 6.34. The number of esters is 2. The zero-order chi connectivity index (χ0) is 45.0. The number of nitrogens with one attached hydrogen (secondary N) is 1. The molecule has 3 amide bonds. The molecule has 0 bridgehead atoms. The van der Waals surface area contributed by atoms with Crippen molar-refractivity contribution >= 4 is 75.2 Å². The minimum Gasteiger partial charge on any atom is -0.461 e. The van der Waals surface area contributed by atoms with Crippen LogP contribution in [0.3, 0.4) is 0 Å². The van der Waals surface area contributed by atoms with Gasteiger partial charge in [0.1, 0.15) is 55.1 Å². The molecule has 63 heavy (non-hydrogen) atoms. The lowest BCUT2D eigenvalue weighted by molar-refractivity contribution is -0.118. The van der Waals surface area contributed by atoms with Gasteiger partial charge >= 0.3 is 18.0 Å². The highest BCUT2D eigenvalue weighted by molar-refractivity contribution is 7.14. The second-order valence-corrected chi connectivity index (χ2v) is 18.4. The molecular weight excluding hydrogens is 891 g/mol. The Balaban J connectivity index is 1.20. The third-order valence-electron chi connectivity index (χ3n) is 9.07. The number of nitrogens with two attached hydrogens (primary N) is 1. The lowest BCUT2D eigenvalue weighted by Gasteiger charge is -2.27. The number of hydrogen-bond acceptors (Lipinski definition) is 19. The van der Waals surface area contributed by atoms with Crippen molar-refractivity contribution in [2.45, 2.75) is 71.6 Å². The number of primary amides is 1. The topological polar surface area (TPSA) is 245 Å². The summed E-state index contributed by atoms with van der Waals surface area (Å²) < 4.78 is 22.0. The number of likely N-dealkylation sites (tertiary alicyclic amines) is 1. The average molecular weight is 932 g/mol. The van der Waals surface area contributed by atoms with Gasteiger partial charge in [-0.1, -0.05) is 12.7 Å². The number of hydrogen-bond donors (Lipinski definition) is 2. The molecule has 0 radical (unpaired) electrons. The van der Waals surface area contributed by atoms with Crippen LogP contribution in [0, 0.1) is 6.92 Å². The number of aromatic nitrogens is 6. The number of carbonyl (C=O) groups excluding carboxylic acids is 5. The minimum absolute atomic E-state index is 0.00196. The molecule has 22 heteroatoms. The van der Waals surface area contributed by atoms with Gasteiger partial charge in [0.05, 0.1) is 36.4 Å². The summed E-state index contributed by atoms with van der Waals surface area (Å²) in [6.45, 7) is 13.0. The van der Waals surface area contributed by atoms with E-state index in [1.165, 1.54) is 45.5 Å². The van der Waals surface area contributed by atoms with E-state index < -0.39 is 35.4 Å². The molecule has 2 atom stereocenters. The Kier molecular flexibility index (Phi) is 13.5. The van der Waals surface area contributed by atoms with Crippen LogP contribution in [-0.2, 0) is 19.0 Å². The first-order chi connectivity index (χ1) is 30.1. The van der Waals surface area contributed by atoms with Crippen LogP contribution in [0.5, 0.6) is 0 Å². The van der Waals surface area contributed by atoms with Crippen molar-refractivity contribution in [2.75, 3.05) is 19.8 Å². The number of amides is 3. The van der Waals surface area contributed by atoms with Crippen LogP contribution in [0.15, 0.2) is 50.7 Å². The van der Waals surface area contributed by atoms with Crippen molar-refractivity contribution in [2.24, 2.45) is 5.73 Å². The lowest BCUT2D eigenvalue weighted by Crippen LogP contribution is -2.36. The molecule has 6 aromatic heterocycles. The molecule has 0 aromatic carbocycles. The number of rotatable bonds is 15. The van der Waals surface area contributed by atoms with E-state index in [9.17, 15) is 24.0 Å². The van der Waals surface area contributed by atoms with E-state index in [2.05, 4.69) is 26.8 Å². The van der Waals surface area contributed by atoms with Crippen LogP contribution in [-0.4, -0.2) is 90.0 Å². The summed E-state index contributed by atoms with van der Waals surface area (Å²) in [6.07, 6.45) is 2.30.